The molecule has 19 heavy (non-hydrogen) atoms. The Labute approximate surface area is 114 Å². The van der Waals surface area contributed by atoms with Gasteiger partial charge in [-0.15, -0.1) is 0 Å². The molecule has 2 nitrogen and oxygen atoms in total. The van der Waals surface area contributed by atoms with Gasteiger partial charge in [-0.25, -0.2) is 0 Å². The molecule has 0 aliphatic carbocycles. The molecule has 0 amide bonds. The minimum Gasteiger partial charge on any atom is -0.380 e. The number of rotatable bonds is 2. The van der Waals surface area contributed by atoms with Crippen molar-refractivity contribution in [3.63, 3.8) is 0 Å². The predicted octanol–water partition coefficient (Wildman–Crippen LogP) is 4.44. The molecule has 2 heteroatoms. The van der Waals surface area contributed by atoms with Crippen molar-refractivity contribution < 1.29 is 0 Å². The van der Waals surface area contributed by atoms with Crippen LogP contribution in [-0.2, 0) is 0 Å². The van der Waals surface area contributed by atoms with Gasteiger partial charge in [0, 0.05) is 11.2 Å². The molecule has 0 unspecified atom stereocenters. The molecule has 0 radical (unpaired) electrons. The summed E-state index contributed by atoms with van der Waals surface area (Å²) in [5.41, 5.74) is 4.11. The van der Waals surface area contributed by atoms with E-state index in [1.165, 1.54) is 0 Å². The molecule has 2 aromatic rings. The van der Waals surface area contributed by atoms with Crippen molar-refractivity contribution in [2.24, 2.45) is 0 Å². The summed E-state index contributed by atoms with van der Waals surface area (Å²) in [5.74, 6) is 0. The van der Waals surface area contributed by atoms with E-state index in [9.17, 15) is 0 Å². The zero-order valence-corrected chi connectivity index (χ0v) is 11.6. The Balaban J connectivity index is 2.30. The van der Waals surface area contributed by atoms with Crippen LogP contribution in [0.25, 0.3) is 11.1 Å². The fourth-order valence-corrected chi connectivity index (χ4v) is 1.95. The minimum atomic E-state index is 0.0449. The van der Waals surface area contributed by atoms with E-state index in [4.69, 9.17) is 5.26 Å². The van der Waals surface area contributed by atoms with Crippen LogP contribution in [0.3, 0.4) is 0 Å². The molecule has 0 saturated heterocycles. The lowest BCUT2D eigenvalue weighted by molar-refractivity contribution is 0.634. The molecule has 0 bridgehead atoms. The number of nitriles is 1. The topological polar surface area (TPSA) is 35.8 Å². The fourth-order valence-electron chi connectivity index (χ4n) is 1.95. The number of benzene rings is 2. The van der Waals surface area contributed by atoms with E-state index in [1.54, 1.807) is 0 Å². The van der Waals surface area contributed by atoms with E-state index in [0.717, 1.165) is 16.8 Å². The normalized spacial score (nSPS) is 10.8. The van der Waals surface area contributed by atoms with E-state index in [1.807, 2.05) is 30.3 Å². The third-order valence-electron chi connectivity index (χ3n) is 2.73. The third-order valence-corrected chi connectivity index (χ3v) is 2.73. The highest BCUT2D eigenvalue weighted by Gasteiger charge is 2.09. The molecule has 0 aromatic heterocycles. The molecule has 0 atom stereocenters. The van der Waals surface area contributed by atoms with Crippen molar-refractivity contribution in [2.45, 2.75) is 26.3 Å². The molecular weight excluding hydrogens is 232 g/mol. The first-order chi connectivity index (χ1) is 8.98. The van der Waals surface area contributed by atoms with Crippen molar-refractivity contribution >= 4 is 5.69 Å². The van der Waals surface area contributed by atoms with Crippen LogP contribution in [0.5, 0.6) is 0 Å². The first kappa shape index (κ1) is 13.2. The largest absolute Gasteiger partial charge is 0.380 e. The minimum absolute atomic E-state index is 0.0449. The lowest BCUT2D eigenvalue weighted by atomic mass is 10.0. The second-order valence-corrected chi connectivity index (χ2v) is 5.64. The Hall–Kier alpha value is -2.27. The van der Waals surface area contributed by atoms with Gasteiger partial charge < -0.3 is 5.32 Å². The highest BCUT2D eigenvalue weighted by atomic mass is 14.9. The molecule has 0 spiro atoms. The Morgan fingerprint density at radius 1 is 0.947 bits per heavy atom. The van der Waals surface area contributed by atoms with Gasteiger partial charge in [-0.1, -0.05) is 24.3 Å². The number of hydrogen-bond acceptors (Lipinski definition) is 2. The Bertz CT molecular complexity index is 598. The van der Waals surface area contributed by atoms with E-state index < -0.39 is 0 Å². The molecule has 0 fully saturated rings. The van der Waals surface area contributed by atoms with Crippen LogP contribution in [0.2, 0.25) is 0 Å². The Kier molecular flexibility index (Phi) is 3.57. The molecule has 1 N–H and O–H groups in total. The van der Waals surface area contributed by atoms with Gasteiger partial charge in [0.15, 0.2) is 0 Å². The van der Waals surface area contributed by atoms with Gasteiger partial charge in [0.25, 0.3) is 0 Å². The number of anilines is 1. The maximum Gasteiger partial charge on any atom is 0.0991 e. The molecule has 0 saturated carbocycles. The van der Waals surface area contributed by atoms with Gasteiger partial charge in [0.05, 0.1) is 11.6 Å². The molecule has 0 aliphatic rings. The van der Waals surface area contributed by atoms with Gasteiger partial charge in [-0.3, -0.25) is 0 Å². The van der Waals surface area contributed by atoms with Crippen LogP contribution < -0.4 is 5.32 Å². The second kappa shape index (κ2) is 5.16. The van der Waals surface area contributed by atoms with Crippen LogP contribution >= 0.6 is 0 Å². The first-order valence-corrected chi connectivity index (χ1v) is 6.37. The van der Waals surface area contributed by atoms with E-state index in [0.29, 0.717) is 5.56 Å². The third kappa shape index (κ3) is 3.59. The Morgan fingerprint density at radius 3 is 2.21 bits per heavy atom. The van der Waals surface area contributed by atoms with E-state index >= 15 is 0 Å². The maximum atomic E-state index is 8.81. The Morgan fingerprint density at radius 2 is 1.63 bits per heavy atom. The molecule has 2 aromatic carbocycles. The lowest BCUT2D eigenvalue weighted by Gasteiger charge is -2.22. The van der Waals surface area contributed by atoms with Crippen LogP contribution in [0, 0.1) is 11.3 Å². The summed E-state index contributed by atoms with van der Waals surface area (Å²) < 4.78 is 0. The summed E-state index contributed by atoms with van der Waals surface area (Å²) in [6.07, 6.45) is 0. The highest BCUT2D eigenvalue weighted by Crippen LogP contribution is 2.24. The van der Waals surface area contributed by atoms with Gasteiger partial charge in [-0.2, -0.15) is 5.26 Å². The number of nitrogens with zero attached hydrogens (tertiary/aromatic N) is 1. The number of hydrogen-bond donors (Lipinski definition) is 1. The second-order valence-electron chi connectivity index (χ2n) is 5.64. The molecule has 2 rings (SSSR count). The van der Waals surface area contributed by atoms with Gasteiger partial charge in [0.1, 0.15) is 0 Å². The SMILES string of the molecule is CC(C)(C)Nc1cccc(-c2ccc(C#N)cc2)c1. The molecule has 0 aliphatic heterocycles. The smallest absolute Gasteiger partial charge is 0.0991 e. The molecular formula is C17H18N2. The molecule has 0 heterocycles. The van der Waals surface area contributed by atoms with Gasteiger partial charge >= 0.3 is 0 Å². The van der Waals surface area contributed by atoms with Crippen molar-refractivity contribution in [3.8, 4) is 17.2 Å². The average molecular weight is 250 g/mol. The predicted molar refractivity (Wildman–Crippen MR) is 80.0 cm³/mol. The zero-order valence-electron chi connectivity index (χ0n) is 11.6. The summed E-state index contributed by atoms with van der Waals surface area (Å²) in [5, 5.41) is 12.3. The van der Waals surface area contributed by atoms with Crippen LogP contribution in [0.4, 0.5) is 5.69 Å². The first-order valence-electron chi connectivity index (χ1n) is 6.37. The lowest BCUT2D eigenvalue weighted by Crippen LogP contribution is -2.25. The molecule has 96 valence electrons. The number of nitrogens with one attached hydrogen (secondary N) is 1. The van der Waals surface area contributed by atoms with Crippen molar-refractivity contribution in [2.75, 3.05) is 5.32 Å². The van der Waals surface area contributed by atoms with Crippen molar-refractivity contribution in [1.82, 2.24) is 0 Å². The van der Waals surface area contributed by atoms with Gasteiger partial charge in [-0.05, 0) is 56.2 Å². The summed E-state index contributed by atoms with van der Waals surface area (Å²) in [6.45, 7) is 6.42. The average Bonchev–Trinajstić information content (AvgIpc) is 2.37. The van der Waals surface area contributed by atoms with Crippen molar-refractivity contribution in [3.05, 3.63) is 54.1 Å². The fraction of sp³-hybridized carbons (Fsp3) is 0.235. The van der Waals surface area contributed by atoms with Crippen LogP contribution in [0.15, 0.2) is 48.5 Å². The summed E-state index contributed by atoms with van der Waals surface area (Å²) in [4.78, 5) is 0. The van der Waals surface area contributed by atoms with Crippen molar-refractivity contribution in [1.29, 1.82) is 5.26 Å². The zero-order chi connectivity index (χ0) is 13.9. The van der Waals surface area contributed by atoms with Crippen LogP contribution in [0.1, 0.15) is 26.3 Å². The quantitative estimate of drug-likeness (QED) is 0.855. The monoisotopic (exact) mass is 250 g/mol. The maximum absolute atomic E-state index is 8.81. The van der Waals surface area contributed by atoms with E-state index in [2.05, 4.69) is 50.4 Å². The highest BCUT2D eigenvalue weighted by molar-refractivity contribution is 5.68. The summed E-state index contributed by atoms with van der Waals surface area (Å²) >= 11 is 0. The van der Waals surface area contributed by atoms with E-state index in [-0.39, 0.29) is 5.54 Å². The van der Waals surface area contributed by atoms with Crippen LogP contribution in [-0.4, -0.2) is 5.54 Å². The standard InChI is InChI=1S/C17H18N2/c1-17(2,3)19-16-6-4-5-15(11-16)14-9-7-13(12-18)8-10-14/h4-11,19H,1-3H3. The summed E-state index contributed by atoms with van der Waals surface area (Å²) in [7, 11) is 0. The summed E-state index contributed by atoms with van der Waals surface area (Å²) in [6, 6.07) is 18.1. The van der Waals surface area contributed by atoms with Gasteiger partial charge in [0.2, 0.25) is 0 Å².